The molecule has 0 aliphatic heterocycles. The third kappa shape index (κ3) is 5.56. The van der Waals surface area contributed by atoms with Gasteiger partial charge in [-0.1, -0.05) is 43.0 Å². The maximum absolute atomic E-state index is 12.6. The predicted molar refractivity (Wildman–Crippen MR) is 122 cm³/mol. The molecule has 1 saturated carbocycles. The van der Waals surface area contributed by atoms with Gasteiger partial charge < -0.3 is 15.4 Å². The summed E-state index contributed by atoms with van der Waals surface area (Å²) in [6.45, 7) is 2.02. The molecule has 2 aromatic rings. The van der Waals surface area contributed by atoms with Gasteiger partial charge in [0, 0.05) is 21.9 Å². The average Bonchev–Trinajstić information content (AvgIpc) is 3.12. The number of benzene rings is 1. The topological polar surface area (TPSA) is 67.4 Å². The number of halogens is 1. The molecule has 1 aliphatic rings. The fourth-order valence-corrected chi connectivity index (χ4v) is 4.77. The van der Waals surface area contributed by atoms with Crippen LogP contribution in [0.1, 0.15) is 49.4 Å². The summed E-state index contributed by atoms with van der Waals surface area (Å²) in [5, 5.41) is 9.00. The van der Waals surface area contributed by atoms with Gasteiger partial charge in [0.2, 0.25) is 5.91 Å². The first-order chi connectivity index (χ1) is 14.0. The van der Waals surface area contributed by atoms with E-state index in [2.05, 4.69) is 10.6 Å². The van der Waals surface area contributed by atoms with E-state index in [-0.39, 0.29) is 23.5 Å². The summed E-state index contributed by atoms with van der Waals surface area (Å²) in [4.78, 5) is 25.1. The lowest BCUT2D eigenvalue weighted by Gasteiger charge is -2.21. The molecule has 0 unspecified atom stereocenters. The second-order valence-electron chi connectivity index (χ2n) is 6.86. The SMILES string of the molecule is CCOC(=O)c1c(-c2ccc(Cl)cc2)csc1NC(=S)NC(=O)C1CCCCC1. The van der Waals surface area contributed by atoms with E-state index in [0.29, 0.717) is 15.6 Å². The van der Waals surface area contributed by atoms with E-state index < -0.39 is 5.97 Å². The molecule has 1 heterocycles. The fraction of sp³-hybridized carbons (Fsp3) is 0.381. The third-order valence-electron chi connectivity index (χ3n) is 4.87. The van der Waals surface area contributed by atoms with Crippen molar-refractivity contribution in [3.8, 4) is 11.1 Å². The number of nitrogens with one attached hydrogen (secondary N) is 2. The lowest BCUT2D eigenvalue weighted by atomic mass is 9.89. The van der Waals surface area contributed by atoms with Gasteiger partial charge >= 0.3 is 5.97 Å². The summed E-state index contributed by atoms with van der Waals surface area (Å²) in [7, 11) is 0. The predicted octanol–water partition coefficient (Wildman–Crippen LogP) is 5.64. The minimum Gasteiger partial charge on any atom is -0.462 e. The zero-order valence-corrected chi connectivity index (χ0v) is 18.5. The summed E-state index contributed by atoms with van der Waals surface area (Å²) in [6, 6.07) is 7.23. The summed E-state index contributed by atoms with van der Waals surface area (Å²) >= 11 is 12.6. The minimum absolute atomic E-state index is 0.000918. The van der Waals surface area contributed by atoms with Gasteiger partial charge in [-0.3, -0.25) is 4.79 Å². The van der Waals surface area contributed by atoms with Crippen molar-refractivity contribution in [3.05, 3.63) is 40.2 Å². The molecular weight excluding hydrogens is 428 g/mol. The van der Waals surface area contributed by atoms with Gasteiger partial charge in [0.25, 0.3) is 0 Å². The highest BCUT2D eigenvalue weighted by Crippen LogP contribution is 2.36. The molecule has 5 nitrogen and oxygen atoms in total. The molecule has 0 saturated heterocycles. The van der Waals surface area contributed by atoms with Crippen molar-refractivity contribution in [2.75, 3.05) is 11.9 Å². The van der Waals surface area contributed by atoms with E-state index in [4.69, 9.17) is 28.6 Å². The van der Waals surface area contributed by atoms with E-state index in [1.165, 1.54) is 17.8 Å². The Labute approximate surface area is 184 Å². The van der Waals surface area contributed by atoms with Gasteiger partial charge in [0.1, 0.15) is 10.6 Å². The Morgan fingerprint density at radius 1 is 1.21 bits per heavy atom. The highest BCUT2D eigenvalue weighted by molar-refractivity contribution is 7.80. The smallest absolute Gasteiger partial charge is 0.341 e. The van der Waals surface area contributed by atoms with E-state index in [0.717, 1.165) is 36.8 Å². The number of esters is 1. The van der Waals surface area contributed by atoms with Crippen molar-refractivity contribution in [2.24, 2.45) is 5.92 Å². The van der Waals surface area contributed by atoms with Crippen molar-refractivity contribution in [2.45, 2.75) is 39.0 Å². The highest BCUT2D eigenvalue weighted by Gasteiger charge is 2.24. The lowest BCUT2D eigenvalue weighted by molar-refractivity contribution is -0.124. The van der Waals surface area contributed by atoms with E-state index in [1.807, 2.05) is 17.5 Å². The molecule has 154 valence electrons. The zero-order chi connectivity index (χ0) is 20.8. The molecule has 29 heavy (non-hydrogen) atoms. The first kappa shape index (κ1) is 21.7. The van der Waals surface area contributed by atoms with Crippen LogP contribution in [0.2, 0.25) is 5.02 Å². The minimum atomic E-state index is -0.442. The number of thiophene rings is 1. The van der Waals surface area contributed by atoms with Crippen molar-refractivity contribution < 1.29 is 14.3 Å². The largest absolute Gasteiger partial charge is 0.462 e. The summed E-state index contributed by atoms with van der Waals surface area (Å²) < 4.78 is 5.24. The molecule has 2 N–H and O–H groups in total. The van der Waals surface area contributed by atoms with Crippen LogP contribution >= 0.6 is 35.2 Å². The van der Waals surface area contributed by atoms with Gasteiger partial charge in [-0.2, -0.15) is 0 Å². The van der Waals surface area contributed by atoms with Crippen molar-refractivity contribution in [3.63, 3.8) is 0 Å². The van der Waals surface area contributed by atoms with Crippen LogP contribution in [0, 0.1) is 5.92 Å². The number of hydrogen-bond donors (Lipinski definition) is 2. The zero-order valence-electron chi connectivity index (χ0n) is 16.1. The molecule has 0 radical (unpaired) electrons. The van der Waals surface area contributed by atoms with Crippen LogP contribution in [0.25, 0.3) is 11.1 Å². The molecule has 1 aromatic heterocycles. The quantitative estimate of drug-likeness (QED) is 0.455. The van der Waals surface area contributed by atoms with Crippen LogP contribution in [0.5, 0.6) is 0 Å². The molecule has 0 atom stereocenters. The molecule has 8 heteroatoms. The van der Waals surface area contributed by atoms with Crippen LogP contribution in [0.4, 0.5) is 5.00 Å². The van der Waals surface area contributed by atoms with E-state index >= 15 is 0 Å². The number of rotatable bonds is 5. The standard InChI is InChI=1S/C21H23ClN2O3S2/c1-2-27-20(26)17-16(13-8-10-15(22)11-9-13)12-29-19(17)24-21(28)23-18(25)14-6-4-3-5-7-14/h8-12,14H,2-7H2,1H3,(H2,23,24,25,28). The monoisotopic (exact) mass is 450 g/mol. The molecule has 0 spiro atoms. The van der Waals surface area contributed by atoms with Crippen LogP contribution in [0.15, 0.2) is 29.6 Å². The van der Waals surface area contributed by atoms with Crippen LogP contribution in [-0.2, 0) is 9.53 Å². The number of ether oxygens (including phenoxy) is 1. The van der Waals surface area contributed by atoms with Gasteiger partial charge in [0.05, 0.1) is 6.61 Å². The molecule has 3 rings (SSSR count). The summed E-state index contributed by atoms with van der Waals surface area (Å²) in [5.41, 5.74) is 1.97. The first-order valence-electron chi connectivity index (χ1n) is 9.66. The number of anilines is 1. The molecular formula is C21H23ClN2O3S2. The molecule has 1 fully saturated rings. The number of thiocarbonyl (C=S) groups is 1. The fourth-order valence-electron chi connectivity index (χ4n) is 3.41. The Kier molecular flexibility index (Phi) is 7.64. The number of carbonyl (C=O) groups excluding carboxylic acids is 2. The van der Waals surface area contributed by atoms with Crippen LogP contribution < -0.4 is 10.6 Å². The van der Waals surface area contributed by atoms with Gasteiger partial charge in [-0.05, 0) is 49.7 Å². The normalized spacial score (nSPS) is 14.3. The second-order valence-corrected chi connectivity index (χ2v) is 8.58. The Balaban J connectivity index is 1.79. The van der Waals surface area contributed by atoms with Gasteiger partial charge in [-0.15, -0.1) is 11.3 Å². The maximum Gasteiger partial charge on any atom is 0.341 e. The average molecular weight is 451 g/mol. The van der Waals surface area contributed by atoms with E-state index in [1.54, 1.807) is 19.1 Å². The first-order valence-corrected chi connectivity index (χ1v) is 11.3. The van der Waals surface area contributed by atoms with E-state index in [9.17, 15) is 9.59 Å². The maximum atomic E-state index is 12.6. The molecule has 1 aliphatic carbocycles. The Hall–Kier alpha value is -1.96. The molecule has 1 amide bonds. The number of amides is 1. The summed E-state index contributed by atoms with van der Waals surface area (Å²) in [5.74, 6) is -0.502. The van der Waals surface area contributed by atoms with Crippen molar-refractivity contribution in [1.82, 2.24) is 5.32 Å². The number of hydrogen-bond acceptors (Lipinski definition) is 5. The number of carbonyl (C=O) groups is 2. The highest BCUT2D eigenvalue weighted by atomic mass is 35.5. The van der Waals surface area contributed by atoms with Crippen molar-refractivity contribution >= 4 is 57.1 Å². The van der Waals surface area contributed by atoms with Crippen molar-refractivity contribution in [1.29, 1.82) is 0 Å². The van der Waals surface area contributed by atoms with Crippen LogP contribution in [0.3, 0.4) is 0 Å². The Morgan fingerprint density at radius 2 is 1.90 bits per heavy atom. The van der Waals surface area contributed by atoms with Gasteiger partial charge in [-0.25, -0.2) is 4.79 Å². The second kappa shape index (κ2) is 10.2. The Morgan fingerprint density at radius 3 is 2.55 bits per heavy atom. The third-order valence-corrected chi connectivity index (χ3v) is 6.22. The Bertz CT molecular complexity index is 890. The molecule has 1 aromatic carbocycles. The lowest BCUT2D eigenvalue weighted by Crippen LogP contribution is -2.39. The molecule has 0 bridgehead atoms. The van der Waals surface area contributed by atoms with Crippen LogP contribution in [-0.4, -0.2) is 23.6 Å². The summed E-state index contributed by atoms with van der Waals surface area (Å²) in [6.07, 6.45) is 5.10. The van der Waals surface area contributed by atoms with Gasteiger partial charge in [0.15, 0.2) is 5.11 Å².